The second-order valence-corrected chi connectivity index (χ2v) is 5.91. The first-order chi connectivity index (χ1) is 11.5. The fourth-order valence-electron chi connectivity index (χ4n) is 2.30. The molecule has 2 aromatic carbocycles. The molecule has 2 aromatic rings. The molecule has 0 saturated carbocycles. The molecule has 0 aromatic heterocycles. The number of amides is 1. The molecule has 0 atom stereocenters. The van der Waals surface area contributed by atoms with Crippen molar-refractivity contribution < 1.29 is 13.6 Å². The van der Waals surface area contributed by atoms with Crippen molar-refractivity contribution in [3.8, 4) is 0 Å². The second-order valence-electron chi connectivity index (χ2n) is 5.11. The Morgan fingerprint density at radius 3 is 2.67 bits per heavy atom. The number of carbonyl (C=O) groups is 1. The van der Waals surface area contributed by atoms with Gasteiger partial charge in [0.1, 0.15) is 5.70 Å². The fourth-order valence-corrected chi connectivity index (χ4v) is 2.75. The van der Waals surface area contributed by atoms with Crippen molar-refractivity contribution >= 4 is 40.9 Å². The van der Waals surface area contributed by atoms with E-state index in [1.807, 2.05) is 0 Å². The first-order valence-electron chi connectivity index (χ1n) is 6.99. The Balaban J connectivity index is 1.88. The quantitative estimate of drug-likeness (QED) is 0.662. The van der Waals surface area contributed by atoms with Crippen LogP contribution in [0.15, 0.2) is 48.2 Å². The van der Waals surface area contributed by atoms with Crippen molar-refractivity contribution in [2.24, 2.45) is 0 Å². The number of nitrogens with one attached hydrogen (secondary N) is 1. The van der Waals surface area contributed by atoms with Crippen LogP contribution in [0.25, 0.3) is 6.08 Å². The van der Waals surface area contributed by atoms with E-state index in [2.05, 4.69) is 5.32 Å². The van der Waals surface area contributed by atoms with Crippen molar-refractivity contribution in [3.63, 3.8) is 0 Å². The van der Waals surface area contributed by atoms with Gasteiger partial charge in [0.25, 0.3) is 5.91 Å². The second kappa shape index (κ2) is 6.67. The number of rotatable bonds is 3. The van der Waals surface area contributed by atoms with Crippen molar-refractivity contribution in [3.05, 3.63) is 75.9 Å². The van der Waals surface area contributed by atoms with Gasteiger partial charge >= 0.3 is 0 Å². The summed E-state index contributed by atoms with van der Waals surface area (Å²) in [6.07, 6.45) is 1.24. The Hall–Kier alpha value is -2.31. The molecule has 3 rings (SSSR count). The number of benzene rings is 2. The molecule has 0 spiro atoms. The molecule has 1 N–H and O–H groups in total. The maximum absolute atomic E-state index is 13.8. The minimum Gasteiger partial charge on any atom is -0.328 e. The zero-order chi connectivity index (χ0) is 17.3. The number of carbonyl (C=O) groups excluding carboxylic acids is 1. The molecule has 1 aliphatic heterocycles. The van der Waals surface area contributed by atoms with E-state index in [0.717, 1.165) is 11.6 Å². The van der Waals surface area contributed by atoms with E-state index in [9.17, 15) is 13.6 Å². The maximum Gasteiger partial charge on any atom is 0.276 e. The van der Waals surface area contributed by atoms with Gasteiger partial charge in [-0.3, -0.25) is 9.69 Å². The molecule has 1 aliphatic rings. The van der Waals surface area contributed by atoms with Crippen LogP contribution in [-0.4, -0.2) is 15.9 Å². The normalized spacial score (nSPS) is 16.0. The van der Waals surface area contributed by atoms with Gasteiger partial charge < -0.3 is 5.32 Å². The molecule has 1 saturated heterocycles. The Bertz CT molecular complexity index is 869. The average molecular weight is 365 g/mol. The third-order valence-electron chi connectivity index (χ3n) is 3.53. The molecule has 122 valence electrons. The van der Waals surface area contributed by atoms with Gasteiger partial charge in [0, 0.05) is 10.6 Å². The summed E-state index contributed by atoms with van der Waals surface area (Å²) in [5.41, 5.74) is 0.777. The Morgan fingerprint density at radius 2 is 1.92 bits per heavy atom. The summed E-state index contributed by atoms with van der Waals surface area (Å²) in [4.78, 5) is 13.8. The van der Waals surface area contributed by atoms with Crippen LogP contribution in [-0.2, 0) is 11.3 Å². The number of nitrogens with zero attached hydrogens (tertiary/aromatic N) is 1. The van der Waals surface area contributed by atoms with Crippen molar-refractivity contribution in [1.82, 2.24) is 10.2 Å². The van der Waals surface area contributed by atoms with Crippen LogP contribution < -0.4 is 5.32 Å². The zero-order valence-corrected chi connectivity index (χ0v) is 13.8. The summed E-state index contributed by atoms with van der Waals surface area (Å²) in [6, 6.07) is 10.8. The summed E-state index contributed by atoms with van der Waals surface area (Å²) in [6.45, 7) is 0.188. The summed E-state index contributed by atoms with van der Waals surface area (Å²) in [5, 5.41) is 3.42. The van der Waals surface area contributed by atoms with E-state index in [1.165, 1.54) is 23.1 Å². The largest absolute Gasteiger partial charge is 0.328 e. The SMILES string of the molecule is O=C1/C(=C/c2cccc(F)c2F)NC(=S)N1Cc1ccccc1Cl. The highest BCUT2D eigenvalue weighted by Crippen LogP contribution is 2.22. The molecule has 0 bridgehead atoms. The topological polar surface area (TPSA) is 32.3 Å². The predicted molar refractivity (Wildman–Crippen MR) is 92.1 cm³/mol. The van der Waals surface area contributed by atoms with E-state index >= 15 is 0 Å². The standard InChI is InChI=1S/C17H11ClF2N2OS/c18-12-6-2-1-4-11(12)9-22-16(23)14(21-17(22)24)8-10-5-3-7-13(19)15(10)20/h1-8H,9H2,(H,21,24)/b14-8-. The lowest BCUT2D eigenvalue weighted by atomic mass is 10.1. The minimum absolute atomic E-state index is 0.0340. The van der Waals surface area contributed by atoms with E-state index in [4.69, 9.17) is 23.8 Å². The summed E-state index contributed by atoms with van der Waals surface area (Å²) in [7, 11) is 0. The molecule has 24 heavy (non-hydrogen) atoms. The summed E-state index contributed by atoms with van der Waals surface area (Å²) in [5.74, 6) is -2.43. The third-order valence-corrected chi connectivity index (χ3v) is 4.22. The number of hydrogen-bond donors (Lipinski definition) is 1. The zero-order valence-electron chi connectivity index (χ0n) is 12.2. The van der Waals surface area contributed by atoms with Crippen LogP contribution in [0.4, 0.5) is 8.78 Å². The highest BCUT2D eigenvalue weighted by Gasteiger charge is 2.31. The van der Waals surface area contributed by atoms with Gasteiger partial charge in [-0.15, -0.1) is 0 Å². The van der Waals surface area contributed by atoms with Crippen molar-refractivity contribution in [2.75, 3.05) is 0 Å². The Kier molecular flexibility index (Phi) is 4.59. The summed E-state index contributed by atoms with van der Waals surface area (Å²) < 4.78 is 27.0. The van der Waals surface area contributed by atoms with Crippen LogP contribution in [0.3, 0.4) is 0 Å². The molecule has 0 radical (unpaired) electrons. The van der Waals surface area contributed by atoms with E-state index in [-0.39, 0.29) is 22.9 Å². The Morgan fingerprint density at radius 1 is 1.17 bits per heavy atom. The smallest absolute Gasteiger partial charge is 0.276 e. The van der Waals surface area contributed by atoms with Crippen LogP contribution >= 0.6 is 23.8 Å². The highest BCUT2D eigenvalue weighted by molar-refractivity contribution is 7.80. The molecule has 1 fully saturated rings. The average Bonchev–Trinajstić information content (AvgIpc) is 2.81. The van der Waals surface area contributed by atoms with Crippen molar-refractivity contribution in [1.29, 1.82) is 0 Å². The molecular weight excluding hydrogens is 354 g/mol. The molecule has 3 nitrogen and oxygen atoms in total. The van der Waals surface area contributed by atoms with Gasteiger partial charge in [-0.05, 0) is 36.0 Å². The summed E-state index contributed by atoms with van der Waals surface area (Å²) >= 11 is 11.2. The predicted octanol–water partition coefficient (Wildman–Crippen LogP) is 3.88. The van der Waals surface area contributed by atoms with Gasteiger partial charge in [0.2, 0.25) is 0 Å². The van der Waals surface area contributed by atoms with Crippen LogP contribution in [0.1, 0.15) is 11.1 Å². The molecule has 0 unspecified atom stereocenters. The van der Waals surface area contributed by atoms with Gasteiger partial charge in [-0.1, -0.05) is 41.9 Å². The molecule has 0 aliphatic carbocycles. The monoisotopic (exact) mass is 364 g/mol. The van der Waals surface area contributed by atoms with Crippen LogP contribution in [0, 0.1) is 11.6 Å². The molecule has 7 heteroatoms. The third kappa shape index (κ3) is 3.16. The van der Waals surface area contributed by atoms with E-state index < -0.39 is 17.5 Å². The number of hydrogen-bond acceptors (Lipinski definition) is 2. The highest BCUT2D eigenvalue weighted by atomic mass is 35.5. The lowest BCUT2D eigenvalue weighted by molar-refractivity contribution is -0.122. The van der Waals surface area contributed by atoms with Crippen molar-refractivity contribution in [2.45, 2.75) is 6.54 Å². The van der Waals surface area contributed by atoms with Gasteiger partial charge in [0.15, 0.2) is 16.7 Å². The van der Waals surface area contributed by atoms with Gasteiger partial charge in [0.05, 0.1) is 6.54 Å². The van der Waals surface area contributed by atoms with E-state index in [1.54, 1.807) is 24.3 Å². The van der Waals surface area contributed by atoms with E-state index in [0.29, 0.717) is 5.02 Å². The molecular formula is C17H11ClF2N2OS. The number of thiocarbonyl (C=S) groups is 1. The first kappa shape index (κ1) is 16.5. The first-order valence-corrected chi connectivity index (χ1v) is 7.78. The lowest BCUT2D eigenvalue weighted by Gasteiger charge is -2.14. The Labute approximate surface area is 147 Å². The van der Waals surface area contributed by atoms with Crippen LogP contribution in [0.5, 0.6) is 0 Å². The lowest BCUT2D eigenvalue weighted by Crippen LogP contribution is -2.30. The molecule has 1 heterocycles. The van der Waals surface area contributed by atoms with Crippen LogP contribution in [0.2, 0.25) is 5.02 Å². The van der Waals surface area contributed by atoms with Gasteiger partial charge in [-0.2, -0.15) is 0 Å². The fraction of sp³-hybridized carbons (Fsp3) is 0.0588. The minimum atomic E-state index is -1.02. The number of halogens is 3. The molecule has 1 amide bonds. The maximum atomic E-state index is 13.8. The van der Waals surface area contributed by atoms with Gasteiger partial charge in [-0.25, -0.2) is 8.78 Å².